The third-order valence-electron chi connectivity index (χ3n) is 3.29. The number of carbonyl (C=O) groups is 2. The van der Waals surface area contributed by atoms with Crippen molar-refractivity contribution in [2.75, 3.05) is 17.7 Å². The standard InChI is InChI=1S/C17H15F3N2O3/c1-10-7-8-14(25-2)13(9-10)22-16(24)15(23)21-12-6-4-3-5-11(12)17(18,19)20/h3-9H,1-2H3,(H,21,23)(H,22,24). The number of amides is 2. The molecule has 2 N–H and O–H groups in total. The van der Waals surface area contributed by atoms with Crippen molar-refractivity contribution in [3.63, 3.8) is 0 Å². The van der Waals surface area contributed by atoms with Crippen molar-refractivity contribution >= 4 is 23.2 Å². The van der Waals surface area contributed by atoms with E-state index >= 15 is 0 Å². The van der Waals surface area contributed by atoms with Crippen molar-refractivity contribution in [3.8, 4) is 5.75 Å². The zero-order valence-electron chi connectivity index (χ0n) is 13.4. The molecule has 0 saturated heterocycles. The van der Waals surface area contributed by atoms with Gasteiger partial charge in [0.15, 0.2) is 0 Å². The van der Waals surface area contributed by atoms with Gasteiger partial charge in [-0.2, -0.15) is 13.2 Å². The van der Waals surface area contributed by atoms with Gasteiger partial charge in [-0.1, -0.05) is 18.2 Å². The fourth-order valence-corrected chi connectivity index (χ4v) is 2.12. The molecule has 2 aromatic carbocycles. The molecule has 0 aliphatic rings. The Kier molecular flexibility index (Phi) is 5.31. The number of anilines is 2. The average Bonchev–Trinajstić information content (AvgIpc) is 2.54. The van der Waals surface area contributed by atoms with Gasteiger partial charge in [0, 0.05) is 0 Å². The maximum absolute atomic E-state index is 12.9. The largest absolute Gasteiger partial charge is 0.495 e. The summed E-state index contributed by atoms with van der Waals surface area (Å²) >= 11 is 0. The molecule has 0 radical (unpaired) electrons. The maximum atomic E-state index is 12.9. The number of nitrogens with one attached hydrogen (secondary N) is 2. The molecule has 0 bridgehead atoms. The molecule has 0 aliphatic carbocycles. The minimum Gasteiger partial charge on any atom is -0.495 e. The predicted octanol–water partition coefficient (Wildman–Crippen LogP) is 3.60. The van der Waals surface area contributed by atoms with Gasteiger partial charge in [-0.15, -0.1) is 0 Å². The Morgan fingerprint density at radius 2 is 1.56 bits per heavy atom. The number of methoxy groups -OCH3 is 1. The third kappa shape index (κ3) is 4.50. The first-order valence-corrected chi connectivity index (χ1v) is 7.15. The number of halogens is 3. The molecular formula is C17H15F3N2O3. The molecule has 25 heavy (non-hydrogen) atoms. The molecule has 0 aliphatic heterocycles. The molecule has 2 rings (SSSR count). The zero-order chi connectivity index (χ0) is 18.6. The Morgan fingerprint density at radius 3 is 2.16 bits per heavy atom. The van der Waals surface area contributed by atoms with E-state index in [2.05, 4.69) is 5.32 Å². The zero-order valence-corrected chi connectivity index (χ0v) is 13.4. The van der Waals surface area contributed by atoms with Crippen LogP contribution in [-0.2, 0) is 15.8 Å². The van der Waals surface area contributed by atoms with Gasteiger partial charge in [0.05, 0.1) is 24.0 Å². The highest BCUT2D eigenvalue weighted by Gasteiger charge is 2.34. The monoisotopic (exact) mass is 352 g/mol. The molecule has 0 aromatic heterocycles. The van der Waals surface area contributed by atoms with E-state index in [1.165, 1.54) is 19.2 Å². The highest BCUT2D eigenvalue weighted by atomic mass is 19.4. The number of alkyl halides is 3. The second kappa shape index (κ2) is 7.25. The van der Waals surface area contributed by atoms with E-state index in [1.807, 2.05) is 5.32 Å². The van der Waals surface area contributed by atoms with E-state index in [-0.39, 0.29) is 5.69 Å². The Labute approximate surface area is 141 Å². The highest BCUT2D eigenvalue weighted by Crippen LogP contribution is 2.34. The summed E-state index contributed by atoms with van der Waals surface area (Å²) in [4.78, 5) is 23.9. The molecule has 2 amide bonds. The number of ether oxygens (including phenoxy) is 1. The van der Waals surface area contributed by atoms with Crippen LogP contribution in [0, 0.1) is 6.92 Å². The lowest BCUT2D eigenvalue weighted by molar-refractivity contribution is -0.137. The number of carbonyl (C=O) groups excluding carboxylic acids is 2. The first kappa shape index (κ1) is 18.3. The van der Waals surface area contributed by atoms with E-state index in [1.54, 1.807) is 25.1 Å². The highest BCUT2D eigenvalue weighted by molar-refractivity contribution is 6.43. The summed E-state index contributed by atoms with van der Waals surface area (Å²) in [6.07, 6.45) is -4.65. The fourth-order valence-electron chi connectivity index (χ4n) is 2.12. The summed E-state index contributed by atoms with van der Waals surface area (Å²) in [5.41, 5.74) is -0.485. The summed E-state index contributed by atoms with van der Waals surface area (Å²) in [5.74, 6) is -2.01. The van der Waals surface area contributed by atoms with Crippen molar-refractivity contribution in [2.24, 2.45) is 0 Å². The van der Waals surface area contributed by atoms with Crippen LogP contribution in [-0.4, -0.2) is 18.9 Å². The second-order valence-corrected chi connectivity index (χ2v) is 5.16. The first-order valence-electron chi connectivity index (χ1n) is 7.15. The topological polar surface area (TPSA) is 67.4 Å². The van der Waals surface area contributed by atoms with E-state index in [0.717, 1.165) is 17.7 Å². The van der Waals surface area contributed by atoms with Crippen LogP contribution in [0.15, 0.2) is 42.5 Å². The van der Waals surface area contributed by atoms with Gasteiger partial charge in [-0.05, 0) is 36.8 Å². The molecule has 0 saturated carbocycles. The Balaban J connectivity index is 2.18. The summed E-state index contributed by atoms with van der Waals surface area (Å²) in [5, 5.41) is 4.30. The molecule has 0 heterocycles. The Morgan fingerprint density at radius 1 is 0.960 bits per heavy atom. The minimum absolute atomic E-state index is 0.242. The summed E-state index contributed by atoms with van der Waals surface area (Å²) < 4.78 is 43.8. The lowest BCUT2D eigenvalue weighted by Gasteiger charge is -2.14. The van der Waals surface area contributed by atoms with E-state index < -0.39 is 29.2 Å². The van der Waals surface area contributed by atoms with Gasteiger partial charge in [-0.25, -0.2) is 0 Å². The molecule has 0 atom stereocenters. The van der Waals surface area contributed by atoms with Crippen molar-refractivity contribution in [1.29, 1.82) is 0 Å². The van der Waals surface area contributed by atoms with Crippen LogP contribution in [0.5, 0.6) is 5.75 Å². The Bertz CT molecular complexity index is 804. The van der Waals surface area contributed by atoms with E-state index in [4.69, 9.17) is 4.74 Å². The predicted molar refractivity (Wildman–Crippen MR) is 86.4 cm³/mol. The third-order valence-corrected chi connectivity index (χ3v) is 3.29. The molecular weight excluding hydrogens is 337 g/mol. The van der Waals surface area contributed by atoms with E-state index in [0.29, 0.717) is 5.75 Å². The SMILES string of the molecule is COc1ccc(C)cc1NC(=O)C(=O)Nc1ccccc1C(F)(F)F. The summed E-state index contributed by atoms with van der Waals surface area (Å²) in [6.45, 7) is 1.77. The first-order chi connectivity index (χ1) is 11.7. The van der Waals surface area contributed by atoms with Crippen LogP contribution >= 0.6 is 0 Å². The van der Waals surface area contributed by atoms with Crippen LogP contribution in [0.25, 0.3) is 0 Å². The van der Waals surface area contributed by atoms with Crippen molar-refractivity contribution < 1.29 is 27.5 Å². The normalized spacial score (nSPS) is 10.9. The molecule has 8 heteroatoms. The maximum Gasteiger partial charge on any atom is 0.418 e. The van der Waals surface area contributed by atoms with Crippen LogP contribution in [0.2, 0.25) is 0 Å². The summed E-state index contributed by atoms with van der Waals surface area (Å²) in [7, 11) is 1.39. The minimum atomic E-state index is -4.65. The molecule has 5 nitrogen and oxygen atoms in total. The number of hydrogen-bond donors (Lipinski definition) is 2. The number of rotatable bonds is 3. The molecule has 0 unspecified atom stereocenters. The number of aryl methyl sites for hydroxylation is 1. The fraction of sp³-hybridized carbons (Fsp3) is 0.176. The molecule has 132 valence electrons. The van der Waals surface area contributed by atoms with Crippen molar-refractivity contribution in [3.05, 3.63) is 53.6 Å². The van der Waals surface area contributed by atoms with Gasteiger partial charge >= 0.3 is 18.0 Å². The number of benzene rings is 2. The van der Waals surface area contributed by atoms with Gasteiger partial charge in [0.2, 0.25) is 0 Å². The Hall–Kier alpha value is -3.03. The van der Waals surface area contributed by atoms with Crippen LogP contribution in [0.4, 0.5) is 24.5 Å². The molecule has 2 aromatic rings. The average molecular weight is 352 g/mol. The van der Waals surface area contributed by atoms with Crippen LogP contribution in [0.3, 0.4) is 0 Å². The quantitative estimate of drug-likeness (QED) is 0.830. The van der Waals surface area contributed by atoms with Crippen LogP contribution in [0.1, 0.15) is 11.1 Å². The lowest BCUT2D eigenvalue weighted by atomic mass is 10.1. The van der Waals surface area contributed by atoms with Gasteiger partial charge < -0.3 is 15.4 Å². The second-order valence-electron chi connectivity index (χ2n) is 5.16. The van der Waals surface area contributed by atoms with Crippen molar-refractivity contribution in [2.45, 2.75) is 13.1 Å². The smallest absolute Gasteiger partial charge is 0.418 e. The van der Waals surface area contributed by atoms with E-state index in [9.17, 15) is 22.8 Å². The van der Waals surface area contributed by atoms with Gasteiger partial charge in [-0.3, -0.25) is 9.59 Å². The molecule has 0 spiro atoms. The number of hydrogen-bond acceptors (Lipinski definition) is 3. The van der Waals surface area contributed by atoms with Gasteiger partial charge in [0.1, 0.15) is 5.75 Å². The van der Waals surface area contributed by atoms with Crippen LogP contribution < -0.4 is 15.4 Å². The molecule has 0 fully saturated rings. The lowest BCUT2D eigenvalue weighted by Crippen LogP contribution is -2.30. The summed E-state index contributed by atoms with van der Waals surface area (Å²) in [6, 6.07) is 9.32. The number of para-hydroxylation sites is 1. The van der Waals surface area contributed by atoms with Crippen molar-refractivity contribution in [1.82, 2.24) is 0 Å². The van der Waals surface area contributed by atoms with Gasteiger partial charge in [0.25, 0.3) is 0 Å².